The zero-order chi connectivity index (χ0) is 23.4. The molecule has 170 valence electrons. The summed E-state index contributed by atoms with van der Waals surface area (Å²) in [7, 11) is 6.73. The summed E-state index contributed by atoms with van der Waals surface area (Å²) < 4.78 is 25.3. The number of methoxy groups -OCH3 is 2. The van der Waals surface area contributed by atoms with E-state index < -0.39 is 29.3 Å². The van der Waals surface area contributed by atoms with E-state index in [0.717, 1.165) is 0 Å². The largest absolute Gasteiger partial charge is 0.507 e. The maximum absolute atomic E-state index is 14.8. The Kier molecular flexibility index (Phi) is 7.15. The highest BCUT2D eigenvalue weighted by Crippen LogP contribution is 2.41. The predicted molar refractivity (Wildman–Crippen MR) is 118 cm³/mol. The van der Waals surface area contributed by atoms with E-state index in [1.165, 1.54) is 43.4 Å². The second-order valence-corrected chi connectivity index (χ2v) is 7.74. The van der Waals surface area contributed by atoms with Gasteiger partial charge in [0.05, 0.1) is 25.8 Å². The van der Waals surface area contributed by atoms with Gasteiger partial charge in [0.1, 0.15) is 11.6 Å². The van der Waals surface area contributed by atoms with Crippen LogP contribution in [0.3, 0.4) is 0 Å². The number of benzene rings is 2. The summed E-state index contributed by atoms with van der Waals surface area (Å²) in [6.07, 6.45) is 0.585. The average Bonchev–Trinajstić information content (AvgIpc) is 3.03. The Morgan fingerprint density at radius 2 is 1.78 bits per heavy atom. The second-order valence-electron chi connectivity index (χ2n) is 7.74. The van der Waals surface area contributed by atoms with Gasteiger partial charge in [-0.05, 0) is 51.3 Å². The summed E-state index contributed by atoms with van der Waals surface area (Å²) in [4.78, 5) is 29.2. The van der Waals surface area contributed by atoms with Crippen molar-refractivity contribution in [2.45, 2.75) is 12.5 Å². The van der Waals surface area contributed by atoms with Gasteiger partial charge in [0, 0.05) is 17.7 Å². The number of ether oxygens (including phenoxy) is 2. The molecule has 1 amide bonds. The Hall–Kier alpha value is -3.39. The molecule has 1 saturated heterocycles. The Balaban J connectivity index is 2.14. The molecule has 8 heteroatoms. The summed E-state index contributed by atoms with van der Waals surface area (Å²) in [6.45, 7) is 0.924. The molecule has 1 atom stereocenters. The molecule has 0 bridgehead atoms. The van der Waals surface area contributed by atoms with Gasteiger partial charge in [-0.25, -0.2) is 4.39 Å². The molecule has 0 spiro atoms. The van der Waals surface area contributed by atoms with Crippen molar-refractivity contribution in [3.8, 4) is 11.5 Å². The van der Waals surface area contributed by atoms with Crippen LogP contribution in [0.15, 0.2) is 48.0 Å². The first-order chi connectivity index (χ1) is 15.3. The molecule has 0 radical (unpaired) electrons. The van der Waals surface area contributed by atoms with Gasteiger partial charge in [0.2, 0.25) is 0 Å². The molecule has 3 rings (SSSR count). The molecule has 2 aromatic rings. The van der Waals surface area contributed by atoms with Gasteiger partial charge in [-0.15, -0.1) is 0 Å². The smallest absolute Gasteiger partial charge is 0.295 e. The number of carbonyl (C=O) groups excluding carboxylic acids is 2. The number of hydrogen-bond acceptors (Lipinski definition) is 6. The summed E-state index contributed by atoms with van der Waals surface area (Å²) in [5, 5.41) is 11.1. The second kappa shape index (κ2) is 9.82. The van der Waals surface area contributed by atoms with Crippen molar-refractivity contribution >= 4 is 17.4 Å². The van der Waals surface area contributed by atoms with E-state index in [1.54, 1.807) is 18.2 Å². The first-order valence-electron chi connectivity index (χ1n) is 10.2. The highest BCUT2D eigenvalue weighted by atomic mass is 19.1. The number of halogens is 1. The zero-order valence-corrected chi connectivity index (χ0v) is 18.6. The molecule has 32 heavy (non-hydrogen) atoms. The number of likely N-dealkylation sites (tertiary alicyclic amines) is 1. The van der Waals surface area contributed by atoms with Crippen LogP contribution in [0.5, 0.6) is 11.5 Å². The van der Waals surface area contributed by atoms with Gasteiger partial charge in [-0.3, -0.25) is 9.59 Å². The van der Waals surface area contributed by atoms with Crippen LogP contribution in [0.1, 0.15) is 23.6 Å². The molecule has 1 heterocycles. The first-order valence-corrected chi connectivity index (χ1v) is 10.2. The van der Waals surface area contributed by atoms with Crippen LogP contribution in [0.25, 0.3) is 5.76 Å². The van der Waals surface area contributed by atoms with Gasteiger partial charge in [-0.1, -0.05) is 18.2 Å². The quantitative estimate of drug-likeness (QED) is 0.384. The summed E-state index contributed by atoms with van der Waals surface area (Å²) in [5.41, 5.74) is 0.256. The van der Waals surface area contributed by atoms with E-state index in [2.05, 4.69) is 0 Å². The third-order valence-corrected chi connectivity index (χ3v) is 5.40. The summed E-state index contributed by atoms with van der Waals surface area (Å²) in [5.74, 6) is -1.78. The van der Waals surface area contributed by atoms with Crippen LogP contribution in [-0.2, 0) is 9.59 Å². The van der Waals surface area contributed by atoms with Crippen molar-refractivity contribution in [3.05, 3.63) is 65.0 Å². The van der Waals surface area contributed by atoms with E-state index in [0.29, 0.717) is 24.5 Å². The third-order valence-electron chi connectivity index (χ3n) is 5.40. The normalized spacial score (nSPS) is 17.8. The maximum Gasteiger partial charge on any atom is 0.295 e. The number of aliphatic hydroxyl groups is 1. The lowest BCUT2D eigenvalue weighted by atomic mass is 9.94. The number of rotatable bonds is 8. The monoisotopic (exact) mass is 442 g/mol. The van der Waals surface area contributed by atoms with Crippen molar-refractivity contribution in [2.24, 2.45) is 0 Å². The molecule has 0 aliphatic carbocycles. The highest BCUT2D eigenvalue weighted by Gasteiger charge is 2.46. The Morgan fingerprint density at radius 1 is 1.09 bits per heavy atom. The fourth-order valence-corrected chi connectivity index (χ4v) is 3.83. The van der Waals surface area contributed by atoms with E-state index in [1.807, 2.05) is 19.0 Å². The van der Waals surface area contributed by atoms with E-state index in [4.69, 9.17) is 9.47 Å². The molecule has 7 nitrogen and oxygen atoms in total. The molecule has 2 aromatic carbocycles. The number of carbonyl (C=O) groups is 2. The van der Waals surface area contributed by atoms with E-state index in [9.17, 15) is 19.1 Å². The van der Waals surface area contributed by atoms with Crippen LogP contribution in [-0.4, -0.2) is 68.0 Å². The molecule has 1 fully saturated rings. The van der Waals surface area contributed by atoms with Crippen LogP contribution in [0.2, 0.25) is 0 Å². The number of hydrogen-bond donors (Lipinski definition) is 1. The van der Waals surface area contributed by atoms with Crippen molar-refractivity contribution in [1.82, 2.24) is 9.80 Å². The number of nitrogens with zero attached hydrogens (tertiary/aromatic N) is 2. The minimum absolute atomic E-state index is 0.151. The number of Topliss-reactive ketones (excluding diaryl/α,β-unsaturated/α-hetero) is 1. The van der Waals surface area contributed by atoms with Crippen molar-refractivity contribution in [2.75, 3.05) is 41.4 Å². The van der Waals surface area contributed by atoms with Gasteiger partial charge >= 0.3 is 0 Å². The first kappa shape index (κ1) is 23.3. The lowest BCUT2D eigenvalue weighted by molar-refractivity contribution is -0.140. The van der Waals surface area contributed by atoms with E-state index in [-0.39, 0.29) is 23.2 Å². The minimum atomic E-state index is -1.04. The summed E-state index contributed by atoms with van der Waals surface area (Å²) in [6, 6.07) is 9.56. The lowest BCUT2D eigenvalue weighted by Crippen LogP contribution is -2.32. The fraction of sp³-hybridized carbons (Fsp3) is 0.333. The molecule has 0 aromatic heterocycles. The van der Waals surface area contributed by atoms with E-state index >= 15 is 0 Å². The zero-order valence-electron chi connectivity index (χ0n) is 18.6. The molecular formula is C24H27FN2O5. The molecule has 0 saturated carbocycles. The van der Waals surface area contributed by atoms with Crippen LogP contribution < -0.4 is 9.47 Å². The highest BCUT2D eigenvalue weighted by molar-refractivity contribution is 6.46. The molecule has 1 aliphatic heterocycles. The Morgan fingerprint density at radius 3 is 2.41 bits per heavy atom. The van der Waals surface area contributed by atoms with Gasteiger partial charge in [0.25, 0.3) is 11.7 Å². The number of aliphatic hydroxyl groups excluding tert-OH is 1. The van der Waals surface area contributed by atoms with Crippen LogP contribution in [0, 0.1) is 5.82 Å². The van der Waals surface area contributed by atoms with Crippen LogP contribution in [0.4, 0.5) is 4.39 Å². The van der Waals surface area contributed by atoms with Crippen molar-refractivity contribution in [1.29, 1.82) is 0 Å². The Labute approximate surface area is 186 Å². The topological polar surface area (TPSA) is 79.3 Å². The van der Waals surface area contributed by atoms with Gasteiger partial charge in [-0.2, -0.15) is 0 Å². The average molecular weight is 442 g/mol. The Bertz CT molecular complexity index is 1050. The molecule has 1 N–H and O–H groups in total. The lowest BCUT2D eigenvalue weighted by Gasteiger charge is -2.26. The minimum Gasteiger partial charge on any atom is -0.507 e. The number of amides is 1. The predicted octanol–water partition coefficient (Wildman–Crippen LogP) is 3.22. The maximum atomic E-state index is 14.8. The van der Waals surface area contributed by atoms with Crippen LogP contribution >= 0.6 is 0 Å². The standard InChI is InChI=1S/C24H27FN2O5/c1-26(2)12-7-13-27-21(16-8-5-6-9-17(16)25)20(23(29)24(27)30)22(28)15-10-11-18(31-3)19(14-15)32-4/h5-6,8-11,14,21,28H,7,12-13H2,1-4H3/b22-20-. The van der Waals surface area contributed by atoms with Gasteiger partial charge in [0.15, 0.2) is 11.5 Å². The fourth-order valence-electron chi connectivity index (χ4n) is 3.83. The van der Waals surface area contributed by atoms with Crippen molar-refractivity contribution in [3.63, 3.8) is 0 Å². The van der Waals surface area contributed by atoms with Gasteiger partial charge < -0.3 is 24.4 Å². The third kappa shape index (κ3) is 4.45. The SMILES string of the molecule is COc1ccc(/C(O)=C2/C(=O)C(=O)N(CCCN(C)C)C2c2ccccc2F)cc1OC. The number of ketones is 1. The molecular weight excluding hydrogens is 415 g/mol. The molecule has 1 aliphatic rings. The van der Waals surface area contributed by atoms with Crippen molar-refractivity contribution < 1.29 is 28.6 Å². The molecule has 1 unspecified atom stereocenters. The summed E-state index contributed by atoms with van der Waals surface area (Å²) >= 11 is 0.